The van der Waals surface area contributed by atoms with Gasteiger partial charge in [0.15, 0.2) is 0 Å². The Labute approximate surface area is 202 Å². The molecule has 1 heterocycles. The molecule has 4 rings (SSSR count). The molecule has 1 N–H and O–H groups in total. The molecule has 7 heteroatoms. The summed E-state index contributed by atoms with van der Waals surface area (Å²) in [5.74, 6) is -0.889. The van der Waals surface area contributed by atoms with Crippen molar-refractivity contribution in [2.45, 2.75) is 19.3 Å². The SMILES string of the molecule is COc1ccc(-n2nc(-c3ccc(Cl)c(Cl)c3)cc2CC(C(=O)O)c2cccc(C)c2)cc1. The highest BCUT2D eigenvalue weighted by molar-refractivity contribution is 6.42. The summed E-state index contributed by atoms with van der Waals surface area (Å²) in [6, 6.07) is 22.3. The van der Waals surface area contributed by atoms with Crippen LogP contribution in [0.15, 0.2) is 72.8 Å². The van der Waals surface area contributed by atoms with Crippen molar-refractivity contribution in [2.24, 2.45) is 0 Å². The average molecular weight is 481 g/mol. The number of aryl methyl sites for hydroxylation is 1. The molecule has 0 aliphatic carbocycles. The average Bonchev–Trinajstić information content (AvgIpc) is 3.23. The van der Waals surface area contributed by atoms with Crippen molar-refractivity contribution in [3.05, 3.63) is 99.7 Å². The van der Waals surface area contributed by atoms with Crippen LogP contribution in [0, 0.1) is 6.92 Å². The number of carboxylic acid groups (broad SMARTS) is 1. The number of nitrogens with zero attached hydrogens (tertiary/aromatic N) is 2. The number of aliphatic carboxylic acids is 1. The van der Waals surface area contributed by atoms with Gasteiger partial charge >= 0.3 is 5.97 Å². The molecule has 0 aliphatic heterocycles. The minimum atomic E-state index is -0.890. The number of methoxy groups -OCH3 is 1. The van der Waals surface area contributed by atoms with Crippen LogP contribution in [0.5, 0.6) is 5.75 Å². The molecule has 0 amide bonds. The fraction of sp³-hybridized carbons (Fsp3) is 0.154. The molecule has 0 radical (unpaired) electrons. The zero-order valence-corrected chi connectivity index (χ0v) is 19.6. The summed E-state index contributed by atoms with van der Waals surface area (Å²) in [7, 11) is 1.61. The van der Waals surface area contributed by atoms with Crippen molar-refractivity contribution in [1.29, 1.82) is 0 Å². The van der Waals surface area contributed by atoms with E-state index in [0.717, 1.165) is 33.8 Å². The number of aromatic nitrogens is 2. The molecular weight excluding hydrogens is 459 g/mol. The Morgan fingerprint density at radius 3 is 2.42 bits per heavy atom. The minimum absolute atomic E-state index is 0.263. The van der Waals surface area contributed by atoms with Gasteiger partial charge in [0, 0.05) is 17.7 Å². The Kier molecular flexibility index (Phi) is 6.72. The van der Waals surface area contributed by atoms with Crippen molar-refractivity contribution in [1.82, 2.24) is 9.78 Å². The monoisotopic (exact) mass is 480 g/mol. The second-order valence-electron chi connectivity index (χ2n) is 7.77. The minimum Gasteiger partial charge on any atom is -0.497 e. The van der Waals surface area contributed by atoms with Gasteiger partial charge in [-0.15, -0.1) is 0 Å². The van der Waals surface area contributed by atoms with Gasteiger partial charge in [0.25, 0.3) is 0 Å². The van der Waals surface area contributed by atoms with Gasteiger partial charge in [-0.25, -0.2) is 4.68 Å². The van der Waals surface area contributed by atoms with E-state index in [4.69, 9.17) is 33.0 Å². The summed E-state index contributed by atoms with van der Waals surface area (Å²) in [6.07, 6.45) is 0.263. The number of benzene rings is 3. The predicted octanol–water partition coefficient (Wildman–Crippen LogP) is 6.57. The molecule has 168 valence electrons. The molecule has 4 aromatic rings. The van der Waals surface area contributed by atoms with Crippen LogP contribution >= 0.6 is 23.2 Å². The summed E-state index contributed by atoms with van der Waals surface area (Å²) in [5.41, 5.74) is 4.79. The first-order valence-electron chi connectivity index (χ1n) is 10.3. The van der Waals surface area contributed by atoms with Crippen molar-refractivity contribution in [2.75, 3.05) is 7.11 Å². The molecular formula is C26H22Cl2N2O3. The third kappa shape index (κ3) is 5.05. The normalized spacial score (nSPS) is 11.9. The van der Waals surface area contributed by atoms with Crippen LogP contribution in [0.1, 0.15) is 22.7 Å². The molecule has 3 aromatic carbocycles. The molecule has 1 unspecified atom stereocenters. The van der Waals surface area contributed by atoms with E-state index in [9.17, 15) is 9.90 Å². The summed E-state index contributed by atoms with van der Waals surface area (Å²) in [4.78, 5) is 12.2. The fourth-order valence-corrected chi connectivity index (χ4v) is 4.05. The second kappa shape index (κ2) is 9.69. The zero-order valence-electron chi connectivity index (χ0n) is 18.1. The van der Waals surface area contributed by atoms with E-state index in [1.165, 1.54) is 0 Å². The van der Waals surface area contributed by atoms with Gasteiger partial charge in [-0.1, -0.05) is 59.1 Å². The second-order valence-corrected chi connectivity index (χ2v) is 8.58. The summed E-state index contributed by atoms with van der Waals surface area (Å²) >= 11 is 12.3. The Morgan fingerprint density at radius 1 is 1.03 bits per heavy atom. The van der Waals surface area contributed by atoms with E-state index < -0.39 is 11.9 Å². The van der Waals surface area contributed by atoms with E-state index in [1.807, 2.05) is 67.6 Å². The molecule has 1 atom stereocenters. The molecule has 0 aliphatic rings. The third-order valence-corrected chi connectivity index (χ3v) is 6.21. The van der Waals surface area contributed by atoms with Crippen LogP contribution < -0.4 is 4.74 Å². The molecule has 0 saturated carbocycles. The van der Waals surface area contributed by atoms with Crippen molar-refractivity contribution >= 4 is 29.2 Å². The van der Waals surface area contributed by atoms with E-state index in [0.29, 0.717) is 15.7 Å². The van der Waals surface area contributed by atoms with E-state index in [-0.39, 0.29) is 6.42 Å². The maximum absolute atomic E-state index is 12.2. The topological polar surface area (TPSA) is 64.4 Å². The quantitative estimate of drug-likeness (QED) is 0.324. The lowest BCUT2D eigenvalue weighted by atomic mass is 9.93. The van der Waals surface area contributed by atoms with Crippen molar-refractivity contribution in [3.63, 3.8) is 0 Å². The first-order valence-corrected chi connectivity index (χ1v) is 11.1. The largest absolute Gasteiger partial charge is 0.497 e. The number of carbonyl (C=O) groups is 1. The molecule has 0 bridgehead atoms. The summed E-state index contributed by atoms with van der Waals surface area (Å²) in [6.45, 7) is 1.95. The number of ether oxygens (including phenoxy) is 1. The maximum atomic E-state index is 12.2. The van der Waals surface area contributed by atoms with Crippen LogP contribution in [-0.4, -0.2) is 28.0 Å². The third-order valence-electron chi connectivity index (χ3n) is 5.47. The Bertz CT molecular complexity index is 1300. The maximum Gasteiger partial charge on any atom is 0.311 e. The van der Waals surface area contributed by atoms with Gasteiger partial charge in [-0.3, -0.25) is 4.79 Å². The summed E-state index contributed by atoms with van der Waals surface area (Å²) < 4.78 is 7.03. The zero-order chi connectivity index (χ0) is 23.5. The lowest BCUT2D eigenvalue weighted by molar-refractivity contribution is -0.138. The van der Waals surface area contributed by atoms with Crippen LogP contribution in [-0.2, 0) is 11.2 Å². The smallest absolute Gasteiger partial charge is 0.311 e. The van der Waals surface area contributed by atoms with Crippen LogP contribution in [0.2, 0.25) is 10.0 Å². The number of rotatable bonds is 7. The molecule has 1 aromatic heterocycles. The lowest BCUT2D eigenvalue weighted by Gasteiger charge is -2.15. The van der Waals surface area contributed by atoms with E-state index in [2.05, 4.69) is 0 Å². The number of hydrogen-bond donors (Lipinski definition) is 1. The molecule has 33 heavy (non-hydrogen) atoms. The number of halogens is 2. The van der Waals surface area contributed by atoms with Crippen LogP contribution in [0.4, 0.5) is 0 Å². The van der Waals surface area contributed by atoms with Gasteiger partial charge in [0.05, 0.1) is 34.5 Å². The van der Waals surface area contributed by atoms with Crippen LogP contribution in [0.25, 0.3) is 16.9 Å². The first kappa shape index (κ1) is 22.9. The van der Waals surface area contributed by atoms with Gasteiger partial charge < -0.3 is 9.84 Å². The van der Waals surface area contributed by atoms with Gasteiger partial charge in [0.1, 0.15) is 5.75 Å². The fourth-order valence-electron chi connectivity index (χ4n) is 3.75. The van der Waals surface area contributed by atoms with Crippen molar-refractivity contribution in [3.8, 4) is 22.7 Å². The molecule has 0 fully saturated rings. The van der Waals surface area contributed by atoms with E-state index >= 15 is 0 Å². The standard InChI is InChI=1S/C26H22Cl2N2O3/c1-16-4-3-5-17(12-16)22(26(31)32)14-20-15-25(18-6-11-23(27)24(28)13-18)29-30(20)19-7-9-21(33-2)10-8-19/h3-13,15,22H,14H2,1-2H3,(H,31,32). The highest BCUT2D eigenvalue weighted by atomic mass is 35.5. The first-order chi connectivity index (χ1) is 15.9. The highest BCUT2D eigenvalue weighted by Gasteiger charge is 2.24. The Hall–Kier alpha value is -3.28. The Balaban J connectivity index is 1.81. The number of carboxylic acids is 1. The van der Waals surface area contributed by atoms with Crippen molar-refractivity contribution < 1.29 is 14.6 Å². The van der Waals surface area contributed by atoms with Gasteiger partial charge in [0.2, 0.25) is 0 Å². The summed E-state index contributed by atoms with van der Waals surface area (Å²) in [5, 5.41) is 15.7. The molecule has 0 saturated heterocycles. The lowest BCUT2D eigenvalue weighted by Crippen LogP contribution is -2.16. The van der Waals surface area contributed by atoms with Gasteiger partial charge in [-0.2, -0.15) is 5.10 Å². The van der Waals surface area contributed by atoms with Gasteiger partial charge in [-0.05, 0) is 55.0 Å². The van der Waals surface area contributed by atoms with Crippen LogP contribution in [0.3, 0.4) is 0 Å². The molecule has 0 spiro atoms. The highest BCUT2D eigenvalue weighted by Crippen LogP contribution is 2.31. The molecule has 5 nitrogen and oxygen atoms in total. The number of hydrogen-bond acceptors (Lipinski definition) is 3. The Morgan fingerprint density at radius 2 is 1.79 bits per heavy atom. The predicted molar refractivity (Wildman–Crippen MR) is 131 cm³/mol. The van der Waals surface area contributed by atoms with E-state index in [1.54, 1.807) is 23.9 Å².